The van der Waals surface area contributed by atoms with Gasteiger partial charge in [-0.3, -0.25) is 4.79 Å². The van der Waals surface area contributed by atoms with Crippen molar-refractivity contribution in [3.63, 3.8) is 0 Å². The summed E-state index contributed by atoms with van der Waals surface area (Å²) in [6.45, 7) is 0.681. The average Bonchev–Trinajstić information content (AvgIpc) is 2.46. The predicted octanol–water partition coefficient (Wildman–Crippen LogP) is 2.78. The summed E-state index contributed by atoms with van der Waals surface area (Å²) in [4.78, 5) is 12.5. The number of alkyl halides is 3. The van der Waals surface area contributed by atoms with Crippen LogP contribution in [0, 0.1) is 11.2 Å². The number of hydrogen-bond acceptors (Lipinski definition) is 3. The van der Waals surface area contributed by atoms with E-state index in [2.05, 4.69) is 0 Å². The number of carbonyl (C=O) groups is 1. The molecule has 1 aliphatic rings. The summed E-state index contributed by atoms with van der Waals surface area (Å²) in [6.07, 6.45) is -4.14. The number of benzene rings is 1. The molecule has 1 aliphatic heterocycles. The zero-order valence-corrected chi connectivity index (χ0v) is 11.2. The number of ether oxygens (including phenoxy) is 1. The second-order valence-electron chi connectivity index (χ2n) is 5.12. The molecule has 1 heterocycles. The first-order valence-electron chi connectivity index (χ1n) is 6.49. The van der Waals surface area contributed by atoms with E-state index in [1.54, 1.807) is 0 Å². The quantitative estimate of drug-likeness (QED) is 0.690. The minimum absolute atomic E-state index is 0.0217. The summed E-state index contributed by atoms with van der Waals surface area (Å²) in [5, 5.41) is 0. The third-order valence-electron chi connectivity index (χ3n) is 3.86. The molecular weight excluding hydrogens is 290 g/mol. The molecule has 0 bridgehead atoms. The van der Waals surface area contributed by atoms with Gasteiger partial charge in [-0.15, -0.1) is 0 Å². The van der Waals surface area contributed by atoms with Crippen LogP contribution in [0.25, 0.3) is 0 Å². The standard InChI is InChI=1S/C14H15F4NO2/c15-11-2-1-9(7-10(11)14(16,17)18)12(20)13(8-19)3-5-21-6-4-13/h1-2,7H,3-6,8,19H2. The van der Waals surface area contributed by atoms with Crippen molar-refractivity contribution >= 4 is 5.78 Å². The zero-order valence-electron chi connectivity index (χ0n) is 11.2. The normalized spacial score (nSPS) is 18.5. The lowest BCUT2D eigenvalue weighted by molar-refractivity contribution is -0.140. The maximum Gasteiger partial charge on any atom is 0.419 e. The van der Waals surface area contributed by atoms with E-state index in [1.807, 2.05) is 0 Å². The van der Waals surface area contributed by atoms with Crippen molar-refractivity contribution in [1.82, 2.24) is 0 Å². The molecule has 0 saturated carbocycles. The first-order chi connectivity index (χ1) is 9.80. The van der Waals surface area contributed by atoms with Crippen molar-refractivity contribution in [2.45, 2.75) is 19.0 Å². The van der Waals surface area contributed by atoms with Crippen molar-refractivity contribution in [3.8, 4) is 0 Å². The molecule has 116 valence electrons. The fourth-order valence-electron chi connectivity index (χ4n) is 2.48. The van der Waals surface area contributed by atoms with Crippen molar-refractivity contribution in [1.29, 1.82) is 0 Å². The zero-order chi connectivity index (χ0) is 15.7. The first-order valence-corrected chi connectivity index (χ1v) is 6.49. The van der Waals surface area contributed by atoms with Gasteiger partial charge in [0.15, 0.2) is 5.78 Å². The Hall–Kier alpha value is -1.47. The Morgan fingerprint density at radius 2 is 1.90 bits per heavy atom. The van der Waals surface area contributed by atoms with Crippen molar-refractivity contribution in [3.05, 3.63) is 35.1 Å². The summed E-state index contributed by atoms with van der Waals surface area (Å²) in [5.74, 6) is -1.88. The van der Waals surface area contributed by atoms with Gasteiger partial charge in [-0.25, -0.2) is 4.39 Å². The molecule has 1 aromatic carbocycles. The number of hydrogen-bond donors (Lipinski definition) is 1. The topological polar surface area (TPSA) is 52.3 Å². The number of nitrogens with two attached hydrogens (primary N) is 1. The van der Waals surface area contributed by atoms with Crippen LogP contribution in [0.1, 0.15) is 28.8 Å². The first kappa shape index (κ1) is 15.9. The van der Waals surface area contributed by atoms with E-state index in [9.17, 15) is 22.4 Å². The van der Waals surface area contributed by atoms with Crippen molar-refractivity contribution in [2.24, 2.45) is 11.1 Å². The maximum atomic E-state index is 13.3. The molecule has 1 fully saturated rings. The van der Waals surface area contributed by atoms with Crippen molar-refractivity contribution < 1.29 is 27.1 Å². The SMILES string of the molecule is NCC1(C(=O)c2ccc(F)c(C(F)(F)F)c2)CCOCC1. The van der Waals surface area contributed by atoms with E-state index in [4.69, 9.17) is 10.5 Å². The highest BCUT2D eigenvalue weighted by atomic mass is 19.4. The molecule has 1 saturated heterocycles. The van der Waals surface area contributed by atoms with Crippen LogP contribution >= 0.6 is 0 Å². The Labute approximate surface area is 119 Å². The van der Waals surface area contributed by atoms with Crippen LogP contribution in [0.4, 0.5) is 17.6 Å². The Kier molecular flexibility index (Phi) is 4.34. The Bertz CT molecular complexity index is 536. The lowest BCUT2D eigenvalue weighted by Gasteiger charge is -2.34. The third kappa shape index (κ3) is 3.08. The van der Waals surface area contributed by atoms with Gasteiger partial charge in [0.05, 0.1) is 11.0 Å². The Morgan fingerprint density at radius 1 is 1.29 bits per heavy atom. The molecule has 2 rings (SSSR count). The summed E-state index contributed by atoms with van der Waals surface area (Å²) in [6, 6.07) is 2.30. The minimum Gasteiger partial charge on any atom is -0.381 e. The molecule has 0 aliphatic carbocycles. The number of halogens is 4. The smallest absolute Gasteiger partial charge is 0.381 e. The molecule has 0 amide bonds. The Morgan fingerprint density at radius 3 is 2.43 bits per heavy atom. The van der Waals surface area contributed by atoms with Crippen LogP contribution in [0.5, 0.6) is 0 Å². The predicted molar refractivity (Wildman–Crippen MR) is 67.3 cm³/mol. The van der Waals surface area contributed by atoms with Crippen molar-refractivity contribution in [2.75, 3.05) is 19.8 Å². The highest BCUT2D eigenvalue weighted by molar-refractivity contribution is 6.01. The molecule has 2 N–H and O–H groups in total. The molecule has 0 unspecified atom stereocenters. The van der Waals surface area contributed by atoms with Gasteiger partial charge in [0.25, 0.3) is 0 Å². The van der Waals surface area contributed by atoms with Crippen LogP contribution < -0.4 is 5.73 Å². The Balaban J connectivity index is 2.39. The van der Waals surface area contributed by atoms with E-state index in [1.165, 1.54) is 0 Å². The van der Waals surface area contributed by atoms with Gasteiger partial charge in [0.2, 0.25) is 0 Å². The highest BCUT2D eigenvalue weighted by Gasteiger charge is 2.41. The fraction of sp³-hybridized carbons (Fsp3) is 0.500. The number of carbonyl (C=O) groups excluding carboxylic acids is 1. The van der Waals surface area contributed by atoms with E-state index < -0.39 is 28.8 Å². The largest absolute Gasteiger partial charge is 0.419 e. The van der Waals surface area contributed by atoms with Crippen LogP contribution in [-0.4, -0.2) is 25.5 Å². The summed E-state index contributed by atoms with van der Waals surface area (Å²) in [7, 11) is 0. The lowest BCUT2D eigenvalue weighted by Crippen LogP contribution is -2.43. The van der Waals surface area contributed by atoms with Gasteiger partial charge in [-0.2, -0.15) is 13.2 Å². The molecule has 21 heavy (non-hydrogen) atoms. The van der Waals surface area contributed by atoms with Crippen LogP contribution in [0.15, 0.2) is 18.2 Å². The van der Waals surface area contributed by atoms with E-state index in [-0.39, 0.29) is 12.1 Å². The fourth-order valence-corrected chi connectivity index (χ4v) is 2.48. The van der Waals surface area contributed by atoms with Crippen LogP contribution in [0.2, 0.25) is 0 Å². The van der Waals surface area contributed by atoms with Gasteiger partial charge in [-0.05, 0) is 31.0 Å². The molecule has 0 spiro atoms. The molecule has 0 aromatic heterocycles. The summed E-state index contributed by atoms with van der Waals surface area (Å²) >= 11 is 0. The van der Waals surface area contributed by atoms with Crippen LogP contribution in [-0.2, 0) is 10.9 Å². The van der Waals surface area contributed by atoms with E-state index in [0.29, 0.717) is 38.2 Å². The number of ketones is 1. The van der Waals surface area contributed by atoms with Gasteiger partial charge in [0, 0.05) is 25.3 Å². The van der Waals surface area contributed by atoms with E-state index >= 15 is 0 Å². The molecule has 3 nitrogen and oxygen atoms in total. The molecule has 0 atom stereocenters. The van der Waals surface area contributed by atoms with Crippen LogP contribution in [0.3, 0.4) is 0 Å². The summed E-state index contributed by atoms with van der Waals surface area (Å²) < 4.78 is 56.6. The highest BCUT2D eigenvalue weighted by Crippen LogP contribution is 2.36. The second kappa shape index (κ2) is 5.73. The van der Waals surface area contributed by atoms with Gasteiger partial charge in [0.1, 0.15) is 5.82 Å². The van der Waals surface area contributed by atoms with E-state index in [0.717, 1.165) is 6.07 Å². The number of rotatable bonds is 3. The monoisotopic (exact) mass is 305 g/mol. The summed E-state index contributed by atoms with van der Waals surface area (Å²) in [5.41, 5.74) is 3.12. The second-order valence-corrected chi connectivity index (χ2v) is 5.12. The average molecular weight is 305 g/mol. The molecule has 1 aromatic rings. The maximum absolute atomic E-state index is 13.3. The van der Waals surface area contributed by atoms with Gasteiger partial charge in [-0.1, -0.05) is 0 Å². The third-order valence-corrected chi connectivity index (χ3v) is 3.86. The minimum atomic E-state index is -4.84. The van der Waals surface area contributed by atoms with Gasteiger partial charge >= 0.3 is 6.18 Å². The number of Topliss-reactive ketones (excluding diaryl/α,β-unsaturated/α-hetero) is 1. The van der Waals surface area contributed by atoms with Gasteiger partial charge < -0.3 is 10.5 Å². The molecule has 0 radical (unpaired) electrons. The molecule has 7 heteroatoms. The molecular formula is C14H15F4NO2. The lowest BCUT2D eigenvalue weighted by atomic mass is 9.74.